The second-order valence-corrected chi connectivity index (χ2v) is 11.6. The Morgan fingerprint density at radius 1 is 0.818 bits per heavy atom. The average molecular weight is 594 g/mol. The number of methoxy groups -OCH3 is 1. The first kappa shape index (κ1) is 32.6. The monoisotopic (exact) mass is 593 g/mol. The Morgan fingerprint density at radius 3 is 2.27 bits per heavy atom. The molecule has 1 atom stereocenters. The van der Waals surface area contributed by atoms with E-state index in [0.29, 0.717) is 25.2 Å². The van der Waals surface area contributed by atoms with Crippen molar-refractivity contribution in [2.75, 3.05) is 13.7 Å². The van der Waals surface area contributed by atoms with Gasteiger partial charge in [0.2, 0.25) is 5.91 Å². The Balaban J connectivity index is 1.54. The van der Waals surface area contributed by atoms with Crippen molar-refractivity contribution >= 4 is 11.8 Å². The number of carbonyl (C=O) groups is 2. The molecule has 3 aromatic carbocycles. The zero-order valence-electron chi connectivity index (χ0n) is 26.7. The van der Waals surface area contributed by atoms with Crippen molar-refractivity contribution in [3.05, 3.63) is 125 Å². The van der Waals surface area contributed by atoms with Gasteiger partial charge in [0.15, 0.2) is 0 Å². The van der Waals surface area contributed by atoms with Crippen LogP contribution in [0.1, 0.15) is 79.2 Å². The maximum absolute atomic E-state index is 14.1. The summed E-state index contributed by atoms with van der Waals surface area (Å²) < 4.78 is 7.58. The van der Waals surface area contributed by atoms with Crippen LogP contribution >= 0.6 is 0 Å². The molecule has 6 heteroatoms. The van der Waals surface area contributed by atoms with Gasteiger partial charge in [-0.2, -0.15) is 0 Å². The molecule has 0 fully saturated rings. The molecule has 0 saturated carbocycles. The first-order valence-corrected chi connectivity index (χ1v) is 15.9. The molecule has 6 nitrogen and oxygen atoms in total. The van der Waals surface area contributed by atoms with Crippen molar-refractivity contribution in [2.24, 2.45) is 0 Å². The molecule has 1 heterocycles. The Kier molecular flexibility index (Phi) is 12.2. The third kappa shape index (κ3) is 9.09. The summed E-state index contributed by atoms with van der Waals surface area (Å²) in [5.41, 5.74) is 5.06. The van der Waals surface area contributed by atoms with Gasteiger partial charge in [0.05, 0.1) is 13.7 Å². The molecule has 1 unspecified atom stereocenters. The number of hydrogen-bond donors (Lipinski definition) is 0. The summed E-state index contributed by atoms with van der Waals surface area (Å²) in [6.07, 6.45) is 7.36. The predicted molar refractivity (Wildman–Crippen MR) is 178 cm³/mol. The minimum absolute atomic E-state index is 0.0233. The summed E-state index contributed by atoms with van der Waals surface area (Å²) in [5.74, 6) is 0.639. The van der Waals surface area contributed by atoms with Crippen molar-refractivity contribution in [3.63, 3.8) is 0 Å². The Morgan fingerprint density at radius 2 is 1.57 bits per heavy atom. The maximum atomic E-state index is 14.1. The fraction of sp³-hybridized carbons (Fsp3) is 0.368. The number of hydrogen-bond acceptors (Lipinski definition) is 3. The van der Waals surface area contributed by atoms with E-state index < -0.39 is 0 Å². The molecular formula is C38H47N3O3. The average Bonchev–Trinajstić information content (AvgIpc) is 3.49. The van der Waals surface area contributed by atoms with E-state index in [-0.39, 0.29) is 24.4 Å². The zero-order chi connectivity index (χ0) is 31.3. The summed E-state index contributed by atoms with van der Waals surface area (Å²) in [7, 11) is 1.67. The minimum Gasteiger partial charge on any atom is -0.497 e. The topological polar surface area (TPSA) is 54.8 Å². The molecule has 0 saturated heterocycles. The Bertz CT molecular complexity index is 1460. The van der Waals surface area contributed by atoms with E-state index in [2.05, 4.69) is 42.7 Å². The van der Waals surface area contributed by atoms with Gasteiger partial charge < -0.3 is 19.1 Å². The third-order valence-electron chi connectivity index (χ3n) is 8.29. The second kappa shape index (κ2) is 16.5. The molecule has 1 aromatic heterocycles. The number of rotatable bonds is 16. The van der Waals surface area contributed by atoms with Crippen LogP contribution in [0.3, 0.4) is 0 Å². The number of carbonyl (C=O) groups excluding carboxylic acids is 2. The van der Waals surface area contributed by atoms with E-state index >= 15 is 0 Å². The summed E-state index contributed by atoms with van der Waals surface area (Å²) in [6, 6.07) is 30.0. The van der Waals surface area contributed by atoms with Gasteiger partial charge in [0.25, 0.3) is 5.91 Å². The number of benzene rings is 3. The van der Waals surface area contributed by atoms with Crippen molar-refractivity contribution in [1.82, 2.24) is 14.4 Å². The Labute approximate surface area is 263 Å². The van der Waals surface area contributed by atoms with Crippen LogP contribution in [0.4, 0.5) is 0 Å². The molecule has 4 rings (SSSR count). The SMILES string of the molecule is CCCCCc1ccc(C(=O)N(CC(=O)N(Cc2ccccc2)Cc2cccn2Cc2cccc(OC)c2)C(C)CC)cc1. The highest BCUT2D eigenvalue weighted by Crippen LogP contribution is 2.19. The largest absolute Gasteiger partial charge is 0.497 e. The molecule has 0 aliphatic rings. The van der Waals surface area contributed by atoms with Crippen molar-refractivity contribution in [1.29, 1.82) is 0 Å². The van der Waals surface area contributed by atoms with Gasteiger partial charge in [-0.05, 0) is 79.3 Å². The fourth-order valence-corrected chi connectivity index (χ4v) is 5.40. The van der Waals surface area contributed by atoms with E-state index in [1.807, 2.05) is 84.8 Å². The smallest absolute Gasteiger partial charge is 0.254 e. The Hall–Kier alpha value is -4.32. The standard InChI is InChI=1S/C38H47N3O3/c1-5-7-9-14-31-20-22-34(23-21-31)38(43)41(30(3)6-2)29-37(42)40(26-32-15-10-8-11-16-32)28-35-18-13-24-39(35)27-33-17-12-19-36(25-33)44-4/h8,10-13,15-25,30H,5-7,9,14,26-29H2,1-4H3. The third-order valence-corrected chi connectivity index (χ3v) is 8.29. The van der Waals surface area contributed by atoms with E-state index in [9.17, 15) is 9.59 Å². The fourth-order valence-electron chi connectivity index (χ4n) is 5.40. The molecule has 0 N–H and O–H groups in total. The van der Waals surface area contributed by atoms with Gasteiger partial charge in [-0.25, -0.2) is 0 Å². The van der Waals surface area contributed by atoms with Gasteiger partial charge in [0, 0.05) is 36.6 Å². The van der Waals surface area contributed by atoms with E-state index in [1.165, 1.54) is 18.4 Å². The van der Waals surface area contributed by atoms with Crippen molar-refractivity contribution in [3.8, 4) is 5.75 Å². The van der Waals surface area contributed by atoms with Gasteiger partial charge >= 0.3 is 0 Å². The maximum Gasteiger partial charge on any atom is 0.254 e. The molecule has 232 valence electrons. The van der Waals surface area contributed by atoms with Crippen LogP contribution in [0.15, 0.2) is 97.2 Å². The molecule has 0 spiro atoms. The van der Waals surface area contributed by atoms with Gasteiger partial charge in [-0.1, -0.05) is 81.3 Å². The van der Waals surface area contributed by atoms with Crippen LogP contribution < -0.4 is 4.74 Å². The molecule has 4 aromatic rings. The van der Waals surface area contributed by atoms with Gasteiger partial charge in [-0.3, -0.25) is 9.59 Å². The van der Waals surface area contributed by atoms with Gasteiger partial charge in [0.1, 0.15) is 12.3 Å². The van der Waals surface area contributed by atoms with E-state index in [1.54, 1.807) is 12.0 Å². The van der Waals surface area contributed by atoms with Crippen LogP contribution in [0.5, 0.6) is 5.75 Å². The van der Waals surface area contributed by atoms with Crippen LogP contribution in [0.25, 0.3) is 0 Å². The molecule has 44 heavy (non-hydrogen) atoms. The lowest BCUT2D eigenvalue weighted by molar-refractivity contribution is -0.133. The summed E-state index contributed by atoms with van der Waals surface area (Å²) in [5, 5.41) is 0. The van der Waals surface area contributed by atoms with Crippen LogP contribution in [-0.2, 0) is 30.8 Å². The van der Waals surface area contributed by atoms with E-state index in [0.717, 1.165) is 41.8 Å². The second-order valence-electron chi connectivity index (χ2n) is 11.6. The number of aromatic nitrogens is 1. The lowest BCUT2D eigenvalue weighted by Gasteiger charge is -2.31. The summed E-state index contributed by atoms with van der Waals surface area (Å²) in [4.78, 5) is 31.5. The number of ether oxygens (including phenoxy) is 1. The number of nitrogens with zero attached hydrogens (tertiary/aromatic N) is 3. The highest BCUT2D eigenvalue weighted by atomic mass is 16.5. The molecule has 0 radical (unpaired) electrons. The summed E-state index contributed by atoms with van der Waals surface area (Å²) in [6.45, 7) is 7.85. The van der Waals surface area contributed by atoms with Crippen molar-refractivity contribution in [2.45, 2.75) is 78.6 Å². The molecule has 2 amide bonds. The highest BCUT2D eigenvalue weighted by molar-refractivity contribution is 5.96. The lowest BCUT2D eigenvalue weighted by Crippen LogP contribution is -2.46. The predicted octanol–water partition coefficient (Wildman–Crippen LogP) is 7.75. The lowest BCUT2D eigenvalue weighted by atomic mass is 10.0. The van der Waals surface area contributed by atoms with Crippen molar-refractivity contribution < 1.29 is 14.3 Å². The van der Waals surface area contributed by atoms with Crippen LogP contribution in [0, 0.1) is 0 Å². The summed E-state index contributed by atoms with van der Waals surface area (Å²) >= 11 is 0. The molecule has 0 aliphatic heterocycles. The number of amides is 2. The highest BCUT2D eigenvalue weighted by Gasteiger charge is 2.26. The molecule has 0 bridgehead atoms. The van der Waals surface area contributed by atoms with E-state index in [4.69, 9.17) is 4.74 Å². The van der Waals surface area contributed by atoms with Gasteiger partial charge in [-0.15, -0.1) is 0 Å². The first-order valence-electron chi connectivity index (χ1n) is 15.9. The normalized spacial score (nSPS) is 11.6. The van der Waals surface area contributed by atoms with Crippen LogP contribution in [-0.4, -0.2) is 45.9 Å². The minimum atomic E-state index is -0.103. The number of unbranched alkanes of at least 4 members (excludes halogenated alkanes) is 2. The van der Waals surface area contributed by atoms with Crippen LogP contribution in [0.2, 0.25) is 0 Å². The molecule has 0 aliphatic carbocycles. The quantitative estimate of drug-likeness (QED) is 0.125. The zero-order valence-corrected chi connectivity index (χ0v) is 26.7. The number of aryl methyl sites for hydroxylation is 1. The first-order chi connectivity index (χ1) is 21.4. The molecular weight excluding hydrogens is 546 g/mol.